The first-order valence-corrected chi connectivity index (χ1v) is 5.36. The lowest BCUT2D eigenvalue weighted by Gasteiger charge is -2.05. The van der Waals surface area contributed by atoms with Crippen molar-refractivity contribution < 1.29 is 9.90 Å². The number of hydrogen-bond donors (Lipinski definition) is 1. The Morgan fingerprint density at radius 1 is 1.33 bits per heavy atom. The predicted molar refractivity (Wildman–Crippen MR) is 66.6 cm³/mol. The van der Waals surface area contributed by atoms with E-state index in [1.165, 1.54) is 22.8 Å². The number of carboxylic acid groups (broad SMARTS) is 1. The topological polar surface area (TPSA) is 72.2 Å². The molecule has 1 N–H and O–H groups in total. The summed E-state index contributed by atoms with van der Waals surface area (Å²) in [6.07, 6.45) is 1.63. The van der Waals surface area contributed by atoms with Crippen LogP contribution in [0.25, 0.3) is 11.3 Å². The average molecular weight is 244 g/mol. The van der Waals surface area contributed by atoms with E-state index in [0.717, 1.165) is 0 Å². The number of rotatable bonds is 2. The summed E-state index contributed by atoms with van der Waals surface area (Å²) >= 11 is 0. The Labute approximate surface area is 103 Å². The third-order valence-electron chi connectivity index (χ3n) is 2.60. The molecule has 5 nitrogen and oxygen atoms in total. The Morgan fingerprint density at radius 2 is 2.06 bits per heavy atom. The van der Waals surface area contributed by atoms with Gasteiger partial charge >= 0.3 is 5.97 Å². The van der Waals surface area contributed by atoms with E-state index in [1.54, 1.807) is 26.2 Å². The van der Waals surface area contributed by atoms with Gasteiger partial charge in [-0.05, 0) is 25.1 Å². The van der Waals surface area contributed by atoms with E-state index in [4.69, 9.17) is 5.11 Å². The van der Waals surface area contributed by atoms with E-state index in [-0.39, 0.29) is 11.1 Å². The zero-order valence-electron chi connectivity index (χ0n) is 10.0. The Morgan fingerprint density at radius 3 is 2.67 bits per heavy atom. The van der Waals surface area contributed by atoms with Crippen molar-refractivity contribution in [2.75, 3.05) is 0 Å². The molecule has 0 aromatic carbocycles. The van der Waals surface area contributed by atoms with Crippen molar-refractivity contribution in [1.82, 2.24) is 9.55 Å². The molecule has 5 heteroatoms. The minimum absolute atomic E-state index is 0.160. The van der Waals surface area contributed by atoms with Crippen LogP contribution in [-0.4, -0.2) is 20.6 Å². The first-order chi connectivity index (χ1) is 8.47. The molecule has 0 radical (unpaired) electrons. The van der Waals surface area contributed by atoms with E-state index in [0.29, 0.717) is 17.0 Å². The Balaban J connectivity index is 2.59. The Hall–Kier alpha value is -2.43. The fourth-order valence-electron chi connectivity index (χ4n) is 1.65. The molecule has 0 aliphatic rings. The van der Waals surface area contributed by atoms with E-state index >= 15 is 0 Å². The summed E-state index contributed by atoms with van der Waals surface area (Å²) in [6, 6.07) is 6.12. The summed E-state index contributed by atoms with van der Waals surface area (Å²) in [6.45, 7) is 1.72. The van der Waals surface area contributed by atoms with Crippen LogP contribution in [0, 0.1) is 6.92 Å². The molecule has 0 fully saturated rings. The molecule has 0 atom stereocenters. The molecule has 0 amide bonds. The van der Waals surface area contributed by atoms with Crippen LogP contribution in [0.5, 0.6) is 0 Å². The third kappa shape index (κ3) is 2.29. The van der Waals surface area contributed by atoms with Gasteiger partial charge in [0.25, 0.3) is 5.56 Å². The highest BCUT2D eigenvalue weighted by molar-refractivity contribution is 5.89. The fourth-order valence-corrected chi connectivity index (χ4v) is 1.65. The molecule has 0 unspecified atom stereocenters. The number of carbonyl (C=O) groups is 1. The van der Waals surface area contributed by atoms with Crippen molar-refractivity contribution in [2.45, 2.75) is 6.92 Å². The summed E-state index contributed by atoms with van der Waals surface area (Å²) in [4.78, 5) is 26.7. The minimum Gasteiger partial charge on any atom is -0.478 e. The van der Waals surface area contributed by atoms with Crippen molar-refractivity contribution in [3.8, 4) is 11.3 Å². The van der Waals surface area contributed by atoms with Crippen molar-refractivity contribution >= 4 is 5.97 Å². The van der Waals surface area contributed by atoms with E-state index in [2.05, 4.69) is 4.98 Å². The number of aryl methyl sites for hydroxylation is 2. The van der Waals surface area contributed by atoms with Gasteiger partial charge in [-0.25, -0.2) is 4.79 Å². The summed E-state index contributed by atoms with van der Waals surface area (Å²) < 4.78 is 1.44. The number of hydrogen-bond acceptors (Lipinski definition) is 3. The van der Waals surface area contributed by atoms with Gasteiger partial charge in [-0.15, -0.1) is 0 Å². The highest BCUT2D eigenvalue weighted by atomic mass is 16.4. The normalized spacial score (nSPS) is 10.3. The molecular weight excluding hydrogens is 232 g/mol. The smallest absolute Gasteiger partial charge is 0.335 e. The highest BCUT2D eigenvalue weighted by Gasteiger charge is 2.08. The molecule has 0 aliphatic heterocycles. The zero-order chi connectivity index (χ0) is 13.3. The van der Waals surface area contributed by atoms with Gasteiger partial charge in [0.2, 0.25) is 0 Å². The van der Waals surface area contributed by atoms with Gasteiger partial charge in [0.1, 0.15) is 0 Å². The minimum atomic E-state index is -1.01. The molecule has 0 saturated heterocycles. The highest BCUT2D eigenvalue weighted by Crippen LogP contribution is 2.17. The average Bonchev–Trinajstić information content (AvgIpc) is 2.31. The van der Waals surface area contributed by atoms with Gasteiger partial charge in [-0.1, -0.05) is 0 Å². The molecule has 2 heterocycles. The number of aromatic nitrogens is 2. The number of aromatic carboxylic acids is 1. The molecule has 18 heavy (non-hydrogen) atoms. The van der Waals surface area contributed by atoms with Crippen LogP contribution in [0.2, 0.25) is 0 Å². The fraction of sp³-hybridized carbons (Fsp3) is 0.154. The largest absolute Gasteiger partial charge is 0.478 e. The van der Waals surface area contributed by atoms with Crippen LogP contribution >= 0.6 is 0 Å². The maximum Gasteiger partial charge on any atom is 0.335 e. The predicted octanol–water partition coefficient (Wildman–Crippen LogP) is 1.45. The zero-order valence-corrected chi connectivity index (χ0v) is 10.0. The third-order valence-corrected chi connectivity index (χ3v) is 2.60. The van der Waals surface area contributed by atoms with Crippen molar-refractivity contribution in [1.29, 1.82) is 0 Å². The van der Waals surface area contributed by atoms with Crippen molar-refractivity contribution in [3.05, 3.63) is 52.1 Å². The van der Waals surface area contributed by atoms with Gasteiger partial charge in [0.05, 0.1) is 11.3 Å². The second-order valence-electron chi connectivity index (χ2n) is 4.05. The van der Waals surface area contributed by atoms with E-state index < -0.39 is 5.97 Å². The quantitative estimate of drug-likeness (QED) is 0.867. The maximum atomic E-state index is 11.5. The van der Waals surface area contributed by atoms with E-state index in [9.17, 15) is 9.59 Å². The van der Waals surface area contributed by atoms with E-state index in [1.807, 2.05) is 0 Å². The molecule has 0 bridgehead atoms. The lowest BCUT2D eigenvalue weighted by Crippen LogP contribution is -2.14. The number of carboxylic acids is 1. The second-order valence-corrected chi connectivity index (χ2v) is 4.05. The van der Waals surface area contributed by atoms with Gasteiger partial charge in [-0.2, -0.15) is 0 Å². The van der Waals surface area contributed by atoms with Crippen LogP contribution in [-0.2, 0) is 7.05 Å². The molecule has 0 saturated carbocycles. The maximum absolute atomic E-state index is 11.5. The van der Waals surface area contributed by atoms with Gasteiger partial charge in [0, 0.05) is 30.6 Å². The van der Waals surface area contributed by atoms with Crippen LogP contribution in [0.1, 0.15) is 16.1 Å². The summed E-state index contributed by atoms with van der Waals surface area (Å²) in [5.74, 6) is -1.01. The molecule has 0 aliphatic carbocycles. The van der Waals surface area contributed by atoms with Gasteiger partial charge < -0.3 is 9.67 Å². The van der Waals surface area contributed by atoms with Crippen LogP contribution in [0.4, 0.5) is 0 Å². The summed E-state index contributed by atoms with van der Waals surface area (Å²) in [7, 11) is 1.65. The SMILES string of the molecule is Cc1cc(C(=O)O)cc(-c2ccn(C)c(=O)c2)n1. The summed E-state index contributed by atoms with van der Waals surface area (Å²) in [5, 5.41) is 8.99. The molecular formula is C13H12N2O3. The second kappa shape index (κ2) is 4.44. The monoisotopic (exact) mass is 244 g/mol. The molecule has 92 valence electrons. The molecule has 2 aromatic heterocycles. The van der Waals surface area contributed by atoms with Gasteiger partial charge in [0.15, 0.2) is 0 Å². The van der Waals surface area contributed by atoms with Crippen LogP contribution < -0.4 is 5.56 Å². The lowest BCUT2D eigenvalue weighted by atomic mass is 10.1. The van der Waals surface area contributed by atoms with Crippen LogP contribution in [0.15, 0.2) is 35.3 Å². The molecule has 2 rings (SSSR count). The van der Waals surface area contributed by atoms with Crippen LogP contribution in [0.3, 0.4) is 0 Å². The molecule has 2 aromatic rings. The first-order valence-electron chi connectivity index (χ1n) is 5.36. The Bertz CT molecular complexity index is 674. The molecule has 0 spiro atoms. The van der Waals surface area contributed by atoms with Crippen molar-refractivity contribution in [3.63, 3.8) is 0 Å². The summed E-state index contributed by atoms with van der Waals surface area (Å²) in [5.41, 5.74) is 1.71. The van der Waals surface area contributed by atoms with Crippen molar-refractivity contribution in [2.24, 2.45) is 7.05 Å². The van der Waals surface area contributed by atoms with Gasteiger partial charge in [-0.3, -0.25) is 9.78 Å². The number of pyridine rings is 2. The Kier molecular flexibility index (Phi) is 2.97. The number of nitrogens with zero attached hydrogens (tertiary/aromatic N) is 2. The standard InChI is InChI=1S/C13H12N2O3/c1-8-5-10(13(17)18)6-11(14-8)9-3-4-15(2)12(16)7-9/h3-7H,1-2H3,(H,17,18). The lowest BCUT2D eigenvalue weighted by molar-refractivity contribution is 0.0696. The first kappa shape index (κ1) is 12.0.